The fraction of sp³-hybridized carbons (Fsp3) is 0.400. The highest BCUT2D eigenvalue weighted by Gasteiger charge is 2.03. The summed E-state index contributed by atoms with van der Waals surface area (Å²) in [5, 5.41) is 15.3. The minimum absolute atomic E-state index is 0. The third-order valence-electron chi connectivity index (χ3n) is 3.28. The molecule has 0 spiro atoms. The molecule has 1 aromatic carbocycles. The van der Waals surface area contributed by atoms with E-state index in [0.717, 1.165) is 41.9 Å². The standard InChI is InChI=1S/C15H21ClN6.HI/c1-3-14-21-20-11-22(14)9-8-18-15(17-2)19-10-12-6-4-5-7-13(12)16;/h4-7,11H,3,8-10H2,1-2H3,(H2,17,18,19);1H. The molecule has 0 amide bonds. The number of hydrogen-bond donors (Lipinski definition) is 2. The van der Waals surface area contributed by atoms with Crippen LogP contribution in [0, 0.1) is 0 Å². The largest absolute Gasteiger partial charge is 0.355 e. The molecule has 0 aliphatic carbocycles. The molecule has 0 bridgehead atoms. The lowest BCUT2D eigenvalue weighted by Gasteiger charge is -2.13. The molecule has 0 aliphatic heterocycles. The van der Waals surface area contributed by atoms with E-state index in [2.05, 4.69) is 32.7 Å². The molecule has 2 rings (SSSR count). The van der Waals surface area contributed by atoms with Crippen molar-refractivity contribution >= 4 is 41.5 Å². The average molecular weight is 449 g/mol. The van der Waals surface area contributed by atoms with Gasteiger partial charge in [0.15, 0.2) is 5.96 Å². The molecule has 1 aromatic heterocycles. The average Bonchev–Trinajstić information content (AvgIpc) is 2.99. The van der Waals surface area contributed by atoms with Gasteiger partial charge in [-0.3, -0.25) is 4.99 Å². The SMILES string of the molecule is CCc1nncn1CCNC(=NC)NCc1ccccc1Cl.I. The summed E-state index contributed by atoms with van der Waals surface area (Å²) >= 11 is 6.14. The number of aryl methyl sites for hydroxylation is 1. The van der Waals surface area contributed by atoms with Gasteiger partial charge in [-0.25, -0.2) is 0 Å². The Morgan fingerprint density at radius 3 is 2.78 bits per heavy atom. The number of nitrogens with one attached hydrogen (secondary N) is 2. The first-order chi connectivity index (χ1) is 10.7. The van der Waals surface area contributed by atoms with Gasteiger partial charge in [0.25, 0.3) is 0 Å². The zero-order valence-corrected chi connectivity index (χ0v) is 16.4. The molecule has 2 aromatic rings. The van der Waals surface area contributed by atoms with E-state index in [9.17, 15) is 0 Å². The minimum Gasteiger partial charge on any atom is -0.355 e. The van der Waals surface area contributed by atoms with Crippen molar-refractivity contribution in [1.29, 1.82) is 0 Å². The summed E-state index contributed by atoms with van der Waals surface area (Å²) in [7, 11) is 1.75. The zero-order valence-electron chi connectivity index (χ0n) is 13.3. The first-order valence-electron chi connectivity index (χ1n) is 7.29. The summed E-state index contributed by atoms with van der Waals surface area (Å²) in [4.78, 5) is 4.21. The van der Waals surface area contributed by atoms with E-state index in [1.165, 1.54) is 0 Å². The quantitative estimate of drug-likeness (QED) is 0.405. The minimum atomic E-state index is 0. The van der Waals surface area contributed by atoms with E-state index in [0.29, 0.717) is 6.54 Å². The monoisotopic (exact) mass is 448 g/mol. The number of hydrogen-bond acceptors (Lipinski definition) is 3. The Morgan fingerprint density at radius 2 is 2.09 bits per heavy atom. The molecule has 8 heteroatoms. The number of benzene rings is 1. The van der Waals surface area contributed by atoms with Crippen LogP contribution in [0.4, 0.5) is 0 Å². The maximum Gasteiger partial charge on any atom is 0.191 e. The third kappa shape index (κ3) is 5.98. The molecule has 2 N–H and O–H groups in total. The van der Waals surface area contributed by atoms with E-state index in [-0.39, 0.29) is 24.0 Å². The summed E-state index contributed by atoms with van der Waals surface area (Å²) in [6.45, 7) is 4.24. The Balaban J connectivity index is 0.00000264. The Morgan fingerprint density at radius 1 is 1.30 bits per heavy atom. The molecule has 0 aliphatic rings. The van der Waals surface area contributed by atoms with Crippen LogP contribution in [0.1, 0.15) is 18.3 Å². The van der Waals surface area contributed by atoms with Gasteiger partial charge in [-0.15, -0.1) is 34.2 Å². The molecule has 0 radical (unpaired) electrons. The molecule has 1 heterocycles. The fourth-order valence-corrected chi connectivity index (χ4v) is 2.28. The Labute approximate surface area is 158 Å². The molecule has 126 valence electrons. The van der Waals surface area contributed by atoms with E-state index in [4.69, 9.17) is 11.6 Å². The van der Waals surface area contributed by atoms with Gasteiger partial charge < -0.3 is 15.2 Å². The zero-order chi connectivity index (χ0) is 15.8. The molecular formula is C15H22ClIN6. The first-order valence-corrected chi connectivity index (χ1v) is 7.67. The summed E-state index contributed by atoms with van der Waals surface area (Å²) < 4.78 is 2.04. The van der Waals surface area contributed by atoms with Gasteiger partial charge >= 0.3 is 0 Å². The highest BCUT2D eigenvalue weighted by atomic mass is 127. The highest BCUT2D eigenvalue weighted by molar-refractivity contribution is 14.0. The van der Waals surface area contributed by atoms with Crippen molar-refractivity contribution < 1.29 is 0 Å². The van der Waals surface area contributed by atoms with Crippen LogP contribution in [0.2, 0.25) is 5.02 Å². The molecule has 0 atom stereocenters. The van der Waals surface area contributed by atoms with Crippen molar-refractivity contribution in [1.82, 2.24) is 25.4 Å². The van der Waals surface area contributed by atoms with E-state index >= 15 is 0 Å². The van der Waals surface area contributed by atoms with Crippen molar-refractivity contribution in [3.05, 3.63) is 47.0 Å². The van der Waals surface area contributed by atoms with Gasteiger partial charge in [0.1, 0.15) is 12.2 Å². The van der Waals surface area contributed by atoms with Gasteiger partial charge in [0.2, 0.25) is 0 Å². The second-order valence-electron chi connectivity index (χ2n) is 4.74. The van der Waals surface area contributed by atoms with Crippen molar-refractivity contribution in [2.45, 2.75) is 26.4 Å². The number of guanidine groups is 1. The first kappa shape index (κ1) is 19.7. The van der Waals surface area contributed by atoms with Gasteiger partial charge in [-0.1, -0.05) is 36.7 Å². The van der Waals surface area contributed by atoms with E-state index in [1.54, 1.807) is 13.4 Å². The summed E-state index contributed by atoms with van der Waals surface area (Å²) in [5.74, 6) is 1.73. The van der Waals surface area contributed by atoms with E-state index < -0.39 is 0 Å². The Bertz CT molecular complexity index is 628. The van der Waals surface area contributed by atoms with Crippen LogP contribution >= 0.6 is 35.6 Å². The predicted molar refractivity (Wildman–Crippen MR) is 104 cm³/mol. The second-order valence-corrected chi connectivity index (χ2v) is 5.15. The highest BCUT2D eigenvalue weighted by Crippen LogP contribution is 2.14. The van der Waals surface area contributed by atoms with Gasteiger partial charge in [-0.2, -0.15) is 0 Å². The fourth-order valence-electron chi connectivity index (χ4n) is 2.08. The molecular weight excluding hydrogens is 427 g/mol. The topological polar surface area (TPSA) is 67.1 Å². The van der Waals surface area contributed by atoms with Gasteiger partial charge in [0, 0.05) is 38.1 Å². The second kappa shape index (κ2) is 10.4. The van der Waals surface area contributed by atoms with Gasteiger partial charge in [0.05, 0.1) is 0 Å². The maximum absolute atomic E-state index is 6.14. The van der Waals surface area contributed by atoms with Crippen LogP contribution in [0.25, 0.3) is 0 Å². The van der Waals surface area contributed by atoms with E-state index in [1.807, 2.05) is 28.8 Å². The van der Waals surface area contributed by atoms with Gasteiger partial charge in [-0.05, 0) is 11.6 Å². The summed E-state index contributed by atoms with van der Waals surface area (Å²) in [5.41, 5.74) is 1.04. The molecule has 23 heavy (non-hydrogen) atoms. The van der Waals surface area contributed by atoms with Crippen LogP contribution < -0.4 is 10.6 Å². The summed E-state index contributed by atoms with van der Waals surface area (Å²) in [6, 6.07) is 7.77. The Kier molecular flexibility index (Phi) is 8.93. The smallest absolute Gasteiger partial charge is 0.191 e. The summed E-state index contributed by atoms with van der Waals surface area (Å²) in [6.07, 6.45) is 2.62. The molecule has 0 fully saturated rings. The normalized spacial score (nSPS) is 11.0. The van der Waals surface area contributed by atoms with Crippen molar-refractivity contribution in [3.63, 3.8) is 0 Å². The number of rotatable bonds is 6. The van der Waals surface area contributed by atoms with Crippen molar-refractivity contribution in [3.8, 4) is 0 Å². The van der Waals surface area contributed by atoms with Crippen LogP contribution in [-0.4, -0.2) is 34.3 Å². The maximum atomic E-state index is 6.14. The lowest BCUT2D eigenvalue weighted by molar-refractivity contribution is 0.632. The molecule has 0 saturated heterocycles. The molecule has 0 saturated carbocycles. The molecule has 0 unspecified atom stereocenters. The number of aromatic nitrogens is 3. The lowest BCUT2D eigenvalue weighted by atomic mass is 10.2. The number of nitrogens with zero attached hydrogens (tertiary/aromatic N) is 4. The number of halogens is 2. The van der Waals surface area contributed by atoms with Crippen molar-refractivity contribution in [2.75, 3.05) is 13.6 Å². The molecule has 6 nitrogen and oxygen atoms in total. The van der Waals surface area contributed by atoms with Crippen LogP contribution in [0.5, 0.6) is 0 Å². The van der Waals surface area contributed by atoms with Crippen LogP contribution in [0.3, 0.4) is 0 Å². The van der Waals surface area contributed by atoms with Crippen molar-refractivity contribution in [2.24, 2.45) is 4.99 Å². The predicted octanol–water partition coefficient (Wildman–Crippen LogP) is 2.48. The number of aliphatic imine (C=N–C) groups is 1. The van der Waals surface area contributed by atoms with Crippen LogP contribution in [0.15, 0.2) is 35.6 Å². The lowest BCUT2D eigenvalue weighted by Crippen LogP contribution is -2.38. The third-order valence-corrected chi connectivity index (χ3v) is 3.65. The Hall–Kier alpha value is -1.35. The van der Waals surface area contributed by atoms with Crippen LogP contribution in [-0.2, 0) is 19.5 Å².